The number of carbonyl (C=O) groups is 1. The monoisotopic (exact) mass is 464 g/mol. The van der Waals surface area contributed by atoms with Crippen LogP contribution in [-0.4, -0.2) is 21.7 Å². The van der Waals surface area contributed by atoms with Crippen molar-refractivity contribution in [2.45, 2.75) is 13.8 Å². The number of aryl methyl sites for hydroxylation is 1. The number of esters is 1. The molecule has 0 spiro atoms. The number of carbonyl (C=O) groups excluding carboxylic acids is 1. The highest BCUT2D eigenvalue weighted by Crippen LogP contribution is 2.36. The Bertz CT molecular complexity index is 1320. The molecule has 4 aromatic rings. The fraction of sp³-hybridized carbons (Fsp3) is 0.167. The molecule has 0 fully saturated rings. The summed E-state index contributed by atoms with van der Waals surface area (Å²) in [5, 5.41) is 0.916. The van der Waals surface area contributed by atoms with Crippen molar-refractivity contribution in [1.29, 1.82) is 0 Å². The van der Waals surface area contributed by atoms with Gasteiger partial charge < -0.3 is 13.9 Å². The van der Waals surface area contributed by atoms with E-state index in [4.69, 9.17) is 4.74 Å². The van der Waals surface area contributed by atoms with E-state index in [0.29, 0.717) is 12.2 Å². The van der Waals surface area contributed by atoms with Gasteiger partial charge in [0.15, 0.2) is 0 Å². The first-order valence-corrected chi connectivity index (χ1v) is 10.5. The van der Waals surface area contributed by atoms with Gasteiger partial charge in [-0.2, -0.15) is 0 Å². The van der Waals surface area contributed by atoms with Gasteiger partial charge in [0.2, 0.25) is 0 Å². The number of ether oxygens (including phenoxy) is 1. The zero-order valence-corrected chi connectivity index (χ0v) is 18.6. The molecule has 0 amide bonds. The van der Waals surface area contributed by atoms with Crippen LogP contribution in [0, 0.1) is 6.92 Å². The summed E-state index contributed by atoms with van der Waals surface area (Å²) in [7, 11) is 1.76. The number of aromatic nitrogens is 2. The summed E-state index contributed by atoms with van der Waals surface area (Å²) < 4.78 is 9.80. The fourth-order valence-electron chi connectivity index (χ4n) is 3.73. The van der Waals surface area contributed by atoms with Gasteiger partial charge in [-0.3, -0.25) is 4.79 Å². The number of pyridine rings is 1. The average molecular weight is 465 g/mol. The van der Waals surface area contributed by atoms with Gasteiger partial charge in [-0.05, 0) is 59.6 Å². The Kier molecular flexibility index (Phi) is 5.35. The minimum Gasteiger partial charge on any atom is -0.462 e. The van der Waals surface area contributed by atoms with E-state index < -0.39 is 0 Å². The minimum atomic E-state index is -0.342. The van der Waals surface area contributed by atoms with E-state index in [1.165, 1.54) is 0 Å². The molecule has 4 rings (SSSR count). The van der Waals surface area contributed by atoms with E-state index in [9.17, 15) is 9.59 Å². The van der Waals surface area contributed by atoms with Crippen molar-refractivity contribution >= 4 is 32.8 Å². The maximum absolute atomic E-state index is 12.6. The van der Waals surface area contributed by atoms with Gasteiger partial charge in [0.25, 0.3) is 5.56 Å². The Balaban J connectivity index is 2.03. The van der Waals surface area contributed by atoms with Gasteiger partial charge in [0.05, 0.1) is 33.5 Å². The SMILES string of the molecule is CCOC(=O)c1cc(-c2ccccc2)n(-c2ccc3c(ccc(=O)n3C)c2Br)c1C. The van der Waals surface area contributed by atoms with Gasteiger partial charge >= 0.3 is 5.97 Å². The van der Waals surface area contributed by atoms with Crippen molar-refractivity contribution in [1.82, 2.24) is 9.13 Å². The lowest BCUT2D eigenvalue weighted by molar-refractivity contribution is 0.0525. The number of nitrogens with zero attached hydrogens (tertiary/aromatic N) is 2. The van der Waals surface area contributed by atoms with Crippen LogP contribution in [0.4, 0.5) is 0 Å². The van der Waals surface area contributed by atoms with Crippen molar-refractivity contribution < 1.29 is 9.53 Å². The molecule has 2 heterocycles. The number of fused-ring (bicyclic) bond motifs is 1. The van der Waals surface area contributed by atoms with E-state index in [-0.39, 0.29) is 11.5 Å². The van der Waals surface area contributed by atoms with Crippen LogP contribution in [0.5, 0.6) is 0 Å². The molecule has 0 aliphatic heterocycles. The van der Waals surface area contributed by atoms with Crippen LogP contribution in [0.25, 0.3) is 27.8 Å². The van der Waals surface area contributed by atoms with Gasteiger partial charge in [-0.15, -0.1) is 0 Å². The standard InChI is InChI=1S/C24H21BrN2O3/c1-4-30-24(29)18-14-21(16-8-6-5-7-9-16)27(15(18)2)20-12-11-19-17(23(20)25)10-13-22(28)26(19)3/h5-14H,4H2,1-3H3. The van der Waals surface area contributed by atoms with Crippen LogP contribution in [0.3, 0.4) is 0 Å². The first-order valence-electron chi connectivity index (χ1n) is 9.67. The zero-order valence-electron chi connectivity index (χ0n) is 17.0. The first kappa shape index (κ1) is 20.2. The second-order valence-corrected chi connectivity index (χ2v) is 7.81. The number of hydrogen-bond donors (Lipinski definition) is 0. The van der Waals surface area contributed by atoms with Gasteiger partial charge in [-0.1, -0.05) is 30.3 Å². The molecule has 5 nitrogen and oxygen atoms in total. The summed E-state index contributed by atoms with van der Waals surface area (Å²) in [5.41, 5.74) is 4.85. The number of benzene rings is 2. The number of rotatable bonds is 4. The molecule has 0 N–H and O–H groups in total. The fourth-order valence-corrected chi connectivity index (χ4v) is 4.38. The van der Waals surface area contributed by atoms with Crippen LogP contribution in [-0.2, 0) is 11.8 Å². The quantitative estimate of drug-likeness (QED) is 0.387. The highest BCUT2D eigenvalue weighted by atomic mass is 79.9. The van der Waals surface area contributed by atoms with E-state index in [2.05, 4.69) is 20.5 Å². The highest BCUT2D eigenvalue weighted by Gasteiger charge is 2.22. The molecular formula is C24H21BrN2O3. The predicted molar refractivity (Wildman–Crippen MR) is 122 cm³/mol. The Morgan fingerprint density at radius 2 is 1.80 bits per heavy atom. The van der Waals surface area contributed by atoms with E-state index in [1.807, 2.05) is 61.5 Å². The third kappa shape index (κ3) is 3.27. The summed E-state index contributed by atoms with van der Waals surface area (Å²) in [6.45, 7) is 4.03. The van der Waals surface area contributed by atoms with Gasteiger partial charge in [-0.25, -0.2) is 4.79 Å². The summed E-state index contributed by atoms with van der Waals surface area (Å²) in [6.07, 6.45) is 0. The molecule has 0 saturated heterocycles. The van der Waals surface area contributed by atoms with Crippen molar-refractivity contribution in [2.75, 3.05) is 6.61 Å². The topological polar surface area (TPSA) is 53.2 Å². The highest BCUT2D eigenvalue weighted by molar-refractivity contribution is 9.10. The lowest BCUT2D eigenvalue weighted by Gasteiger charge is -2.16. The Morgan fingerprint density at radius 3 is 2.50 bits per heavy atom. The van der Waals surface area contributed by atoms with Crippen molar-refractivity contribution in [2.24, 2.45) is 7.05 Å². The van der Waals surface area contributed by atoms with Crippen LogP contribution < -0.4 is 5.56 Å². The normalized spacial score (nSPS) is 11.1. The number of halogens is 1. The largest absolute Gasteiger partial charge is 0.462 e. The molecule has 0 aliphatic rings. The average Bonchev–Trinajstić information content (AvgIpc) is 3.09. The summed E-state index contributed by atoms with van der Waals surface area (Å²) in [5.74, 6) is -0.342. The Morgan fingerprint density at radius 1 is 1.07 bits per heavy atom. The first-order chi connectivity index (χ1) is 14.4. The Hall–Kier alpha value is -3.12. The van der Waals surface area contributed by atoms with E-state index >= 15 is 0 Å². The lowest BCUT2D eigenvalue weighted by Crippen LogP contribution is -2.15. The second kappa shape index (κ2) is 7.95. The van der Waals surface area contributed by atoms with Gasteiger partial charge in [0, 0.05) is 24.2 Å². The molecule has 0 unspecified atom stereocenters. The van der Waals surface area contributed by atoms with Crippen LogP contribution >= 0.6 is 15.9 Å². The zero-order chi connectivity index (χ0) is 21.4. The van der Waals surface area contributed by atoms with Crippen molar-refractivity contribution in [3.05, 3.63) is 86.7 Å². The lowest BCUT2D eigenvalue weighted by atomic mass is 10.1. The summed E-state index contributed by atoms with van der Waals surface area (Å²) in [4.78, 5) is 24.6. The smallest absolute Gasteiger partial charge is 0.339 e. The van der Waals surface area contributed by atoms with Crippen LogP contribution in [0.2, 0.25) is 0 Å². The maximum Gasteiger partial charge on any atom is 0.339 e. The van der Waals surface area contributed by atoms with Crippen LogP contribution in [0.1, 0.15) is 23.0 Å². The van der Waals surface area contributed by atoms with E-state index in [0.717, 1.165) is 38.0 Å². The Labute approximate surface area is 182 Å². The molecule has 0 saturated carbocycles. The maximum atomic E-state index is 12.6. The van der Waals surface area contributed by atoms with Crippen molar-refractivity contribution in [3.8, 4) is 16.9 Å². The molecule has 0 aliphatic carbocycles. The van der Waals surface area contributed by atoms with E-state index in [1.54, 1.807) is 24.6 Å². The van der Waals surface area contributed by atoms with Crippen molar-refractivity contribution in [3.63, 3.8) is 0 Å². The molecule has 0 atom stereocenters. The second-order valence-electron chi connectivity index (χ2n) is 7.01. The molecule has 2 aromatic carbocycles. The summed E-state index contributed by atoms with van der Waals surface area (Å²) in [6, 6.07) is 19.1. The molecular weight excluding hydrogens is 444 g/mol. The molecule has 6 heteroatoms. The molecule has 2 aromatic heterocycles. The molecule has 152 valence electrons. The van der Waals surface area contributed by atoms with Crippen LogP contribution in [0.15, 0.2) is 69.9 Å². The predicted octanol–water partition coefficient (Wildman–Crippen LogP) is 5.24. The molecule has 0 bridgehead atoms. The minimum absolute atomic E-state index is 0.0612. The third-order valence-electron chi connectivity index (χ3n) is 5.27. The molecule has 0 radical (unpaired) electrons. The third-order valence-corrected chi connectivity index (χ3v) is 6.11. The number of hydrogen-bond acceptors (Lipinski definition) is 3. The van der Waals surface area contributed by atoms with Gasteiger partial charge in [0.1, 0.15) is 0 Å². The summed E-state index contributed by atoms with van der Waals surface area (Å²) >= 11 is 3.74. The molecule has 30 heavy (non-hydrogen) atoms.